The third kappa shape index (κ3) is 3.32. The standard InChI is InChI=1S/C11H14FNO4/c1-15-3-4-17-10-5-7(11(14)16-2)9(13)6-8(10)12/h5-6H,3-4,13H2,1-2H3. The summed E-state index contributed by atoms with van der Waals surface area (Å²) in [7, 11) is 2.72. The molecule has 0 unspecified atom stereocenters. The molecule has 0 spiro atoms. The first-order chi connectivity index (χ1) is 8.10. The van der Waals surface area contributed by atoms with E-state index in [2.05, 4.69) is 4.74 Å². The van der Waals surface area contributed by atoms with Crippen molar-refractivity contribution in [3.63, 3.8) is 0 Å². The summed E-state index contributed by atoms with van der Waals surface area (Å²) < 4.78 is 27.8. The Balaban J connectivity index is 2.93. The molecule has 0 radical (unpaired) electrons. The van der Waals surface area contributed by atoms with Crippen molar-refractivity contribution in [1.29, 1.82) is 0 Å². The number of hydrogen-bond acceptors (Lipinski definition) is 5. The molecule has 0 aliphatic heterocycles. The molecule has 0 saturated carbocycles. The summed E-state index contributed by atoms with van der Waals surface area (Å²) in [6, 6.07) is 2.24. The molecular weight excluding hydrogens is 229 g/mol. The number of benzene rings is 1. The van der Waals surface area contributed by atoms with E-state index < -0.39 is 11.8 Å². The first-order valence-electron chi connectivity index (χ1n) is 4.89. The lowest BCUT2D eigenvalue weighted by molar-refractivity contribution is 0.0601. The smallest absolute Gasteiger partial charge is 0.340 e. The Hall–Kier alpha value is -1.82. The van der Waals surface area contributed by atoms with E-state index in [9.17, 15) is 9.18 Å². The molecule has 0 atom stereocenters. The average Bonchev–Trinajstić information content (AvgIpc) is 2.31. The van der Waals surface area contributed by atoms with Crippen LogP contribution in [-0.4, -0.2) is 33.4 Å². The van der Waals surface area contributed by atoms with Crippen molar-refractivity contribution >= 4 is 11.7 Å². The van der Waals surface area contributed by atoms with Crippen LogP contribution in [0, 0.1) is 5.82 Å². The van der Waals surface area contributed by atoms with Gasteiger partial charge in [-0.15, -0.1) is 0 Å². The Morgan fingerprint density at radius 2 is 2.06 bits per heavy atom. The molecule has 17 heavy (non-hydrogen) atoms. The van der Waals surface area contributed by atoms with E-state index >= 15 is 0 Å². The molecule has 1 rings (SSSR count). The Labute approximate surface area is 98.3 Å². The van der Waals surface area contributed by atoms with Gasteiger partial charge in [0.1, 0.15) is 6.61 Å². The fourth-order valence-electron chi connectivity index (χ4n) is 1.20. The van der Waals surface area contributed by atoms with Crippen molar-refractivity contribution in [2.75, 3.05) is 33.2 Å². The van der Waals surface area contributed by atoms with E-state index in [1.54, 1.807) is 0 Å². The zero-order valence-corrected chi connectivity index (χ0v) is 9.66. The highest BCUT2D eigenvalue weighted by molar-refractivity contribution is 5.95. The lowest BCUT2D eigenvalue weighted by atomic mass is 10.1. The van der Waals surface area contributed by atoms with Crippen LogP contribution in [0.3, 0.4) is 0 Å². The second-order valence-corrected chi connectivity index (χ2v) is 3.20. The minimum Gasteiger partial charge on any atom is -0.488 e. The van der Waals surface area contributed by atoms with E-state index in [1.807, 2.05) is 0 Å². The molecular formula is C11H14FNO4. The Morgan fingerprint density at radius 3 is 2.65 bits per heavy atom. The third-order valence-corrected chi connectivity index (χ3v) is 2.05. The monoisotopic (exact) mass is 243 g/mol. The number of ether oxygens (including phenoxy) is 3. The van der Waals surface area contributed by atoms with Crippen LogP contribution in [0.25, 0.3) is 0 Å². The van der Waals surface area contributed by atoms with Crippen LogP contribution in [0.4, 0.5) is 10.1 Å². The van der Waals surface area contributed by atoms with Gasteiger partial charge >= 0.3 is 5.97 Å². The quantitative estimate of drug-likeness (QED) is 0.478. The van der Waals surface area contributed by atoms with Crippen LogP contribution < -0.4 is 10.5 Å². The molecule has 6 heteroatoms. The number of rotatable bonds is 5. The van der Waals surface area contributed by atoms with E-state index in [1.165, 1.54) is 20.3 Å². The molecule has 0 saturated heterocycles. The lowest BCUT2D eigenvalue weighted by Gasteiger charge is -2.10. The zero-order chi connectivity index (χ0) is 12.8. The van der Waals surface area contributed by atoms with Crippen LogP contribution in [0.5, 0.6) is 5.75 Å². The molecule has 0 fully saturated rings. The van der Waals surface area contributed by atoms with Gasteiger partial charge in [0.05, 0.1) is 19.3 Å². The van der Waals surface area contributed by atoms with E-state index in [0.29, 0.717) is 6.61 Å². The fraction of sp³-hybridized carbons (Fsp3) is 0.364. The molecule has 0 bridgehead atoms. The van der Waals surface area contributed by atoms with Gasteiger partial charge in [0.25, 0.3) is 0 Å². The number of methoxy groups -OCH3 is 2. The summed E-state index contributed by atoms with van der Waals surface area (Å²) in [4.78, 5) is 11.3. The predicted octanol–water partition coefficient (Wildman–Crippen LogP) is 1.22. The van der Waals surface area contributed by atoms with E-state index in [0.717, 1.165) is 6.07 Å². The van der Waals surface area contributed by atoms with Gasteiger partial charge in [0.2, 0.25) is 0 Å². The van der Waals surface area contributed by atoms with Gasteiger partial charge in [-0.05, 0) is 6.07 Å². The minimum atomic E-state index is -0.640. The molecule has 2 N–H and O–H groups in total. The molecule has 1 aromatic carbocycles. The number of carbonyl (C=O) groups excluding carboxylic acids is 1. The van der Waals surface area contributed by atoms with Crippen molar-refractivity contribution < 1.29 is 23.4 Å². The predicted molar refractivity (Wildman–Crippen MR) is 59.5 cm³/mol. The maximum absolute atomic E-state index is 13.4. The van der Waals surface area contributed by atoms with Gasteiger partial charge in [-0.1, -0.05) is 0 Å². The van der Waals surface area contributed by atoms with Gasteiger partial charge in [0, 0.05) is 18.9 Å². The highest BCUT2D eigenvalue weighted by atomic mass is 19.1. The van der Waals surface area contributed by atoms with Crippen LogP contribution in [0.15, 0.2) is 12.1 Å². The summed E-state index contributed by atoms with van der Waals surface area (Å²) >= 11 is 0. The van der Waals surface area contributed by atoms with Crippen molar-refractivity contribution in [2.45, 2.75) is 0 Å². The molecule has 0 heterocycles. The second kappa shape index (κ2) is 6.05. The summed E-state index contributed by atoms with van der Waals surface area (Å²) in [5.41, 5.74) is 5.58. The number of hydrogen-bond donors (Lipinski definition) is 1. The van der Waals surface area contributed by atoms with Gasteiger partial charge in [-0.2, -0.15) is 0 Å². The van der Waals surface area contributed by atoms with Gasteiger partial charge < -0.3 is 19.9 Å². The highest BCUT2D eigenvalue weighted by Gasteiger charge is 2.15. The molecule has 0 amide bonds. The van der Waals surface area contributed by atoms with Gasteiger partial charge in [0.15, 0.2) is 11.6 Å². The molecule has 0 aliphatic carbocycles. The Kier molecular flexibility index (Phi) is 4.71. The number of nitrogen functional groups attached to an aromatic ring is 1. The Bertz CT molecular complexity index is 409. The number of esters is 1. The van der Waals surface area contributed by atoms with Crippen molar-refractivity contribution in [3.8, 4) is 5.75 Å². The van der Waals surface area contributed by atoms with E-state index in [4.69, 9.17) is 15.2 Å². The molecule has 0 aromatic heterocycles. The molecule has 1 aromatic rings. The summed E-state index contributed by atoms with van der Waals surface area (Å²) in [6.45, 7) is 0.495. The first-order valence-corrected chi connectivity index (χ1v) is 4.89. The fourth-order valence-corrected chi connectivity index (χ4v) is 1.20. The number of nitrogens with two attached hydrogens (primary N) is 1. The lowest BCUT2D eigenvalue weighted by Crippen LogP contribution is -2.09. The Morgan fingerprint density at radius 1 is 1.35 bits per heavy atom. The van der Waals surface area contributed by atoms with Gasteiger partial charge in [-0.3, -0.25) is 0 Å². The summed E-state index contributed by atoms with van der Waals surface area (Å²) in [6.07, 6.45) is 0. The topological polar surface area (TPSA) is 70.8 Å². The van der Waals surface area contributed by atoms with Crippen molar-refractivity contribution in [1.82, 2.24) is 0 Å². The average molecular weight is 243 g/mol. The van der Waals surface area contributed by atoms with Crippen LogP contribution in [0.1, 0.15) is 10.4 Å². The normalized spacial score (nSPS) is 10.1. The SMILES string of the molecule is COCCOc1cc(C(=O)OC)c(N)cc1F. The van der Waals surface area contributed by atoms with Crippen LogP contribution in [0.2, 0.25) is 0 Å². The number of anilines is 1. The van der Waals surface area contributed by atoms with Crippen LogP contribution in [-0.2, 0) is 9.47 Å². The van der Waals surface area contributed by atoms with E-state index in [-0.39, 0.29) is 23.6 Å². The largest absolute Gasteiger partial charge is 0.488 e. The zero-order valence-electron chi connectivity index (χ0n) is 9.66. The maximum atomic E-state index is 13.4. The molecule has 5 nitrogen and oxygen atoms in total. The molecule has 0 aliphatic rings. The van der Waals surface area contributed by atoms with Crippen LogP contribution >= 0.6 is 0 Å². The minimum absolute atomic E-state index is 0.00782. The summed E-state index contributed by atoms with van der Waals surface area (Å²) in [5.74, 6) is -1.33. The number of halogens is 1. The third-order valence-electron chi connectivity index (χ3n) is 2.05. The second-order valence-electron chi connectivity index (χ2n) is 3.20. The first kappa shape index (κ1) is 13.2. The summed E-state index contributed by atoms with van der Waals surface area (Å²) in [5, 5.41) is 0. The van der Waals surface area contributed by atoms with Gasteiger partial charge in [-0.25, -0.2) is 9.18 Å². The van der Waals surface area contributed by atoms with Crippen molar-refractivity contribution in [2.24, 2.45) is 0 Å². The highest BCUT2D eigenvalue weighted by Crippen LogP contribution is 2.24. The molecule has 94 valence electrons. The maximum Gasteiger partial charge on any atom is 0.340 e. The number of carbonyl (C=O) groups is 1. The van der Waals surface area contributed by atoms with Crippen molar-refractivity contribution in [3.05, 3.63) is 23.5 Å².